The first-order chi connectivity index (χ1) is 14.7. The van der Waals surface area contributed by atoms with Gasteiger partial charge in [-0.15, -0.1) is 0 Å². The Morgan fingerprint density at radius 3 is 2.35 bits per heavy atom. The van der Waals surface area contributed by atoms with Crippen molar-refractivity contribution in [2.24, 2.45) is 0 Å². The standard InChI is InChI=1S/C22H28N2O6S/c1-28-18-12-16(13-19(29-2)20(18)30-3)21(25)24-10-7-22(15-24,8-11-31(4,26)27)17-6-5-9-23-14-17/h5-6,9,12-14H,7-8,10-11,15H2,1-4H3. The number of ether oxygens (including phenoxy) is 3. The number of pyridine rings is 1. The molecule has 1 atom stereocenters. The molecule has 1 saturated heterocycles. The molecule has 2 aromatic rings. The smallest absolute Gasteiger partial charge is 0.254 e. The summed E-state index contributed by atoms with van der Waals surface area (Å²) in [5.41, 5.74) is 0.895. The molecule has 1 amide bonds. The number of hydrogen-bond donors (Lipinski definition) is 0. The van der Waals surface area contributed by atoms with Crippen molar-refractivity contribution in [3.63, 3.8) is 0 Å². The molecule has 8 nitrogen and oxygen atoms in total. The van der Waals surface area contributed by atoms with E-state index >= 15 is 0 Å². The van der Waals surface area contributed by atoms with Gasteiger partial charge in [0.2, 0.25) is 5.75 Å². The maximum Gasteiger partial charge on any atom is 0.254 e. The summed E-state index contributed by atoms with van der Waals surface area (Å²) >= 11 is 0. The molecule has 0 radical (unpaired) electrons. The third-order valence-corrected chi connectivity index (χ3v) is 6.72. The summed E-state index contributed by atoms with van der Waals surface area (Å²) in [6.45, 7) is 0.915. The minimum atomic E-state index is -3.14. The minimum Gasteiger partial charge on any atom is -0.493 e. The summed E-state index contributed by atoms with van der Waals surface area (Å²) in [6, 6.07) is 7.04. The van der Waals surface area contributed by atoms with Gasteiger partial charge in [-0.3, -0.25) is 9.78 Å². The fourth-order valence-corrected chi connectivity index (χ4v) is 4.84. The fraction of sp³-hybridized carbons (Fsp3) is 0.455. The number of rotatable bonds is 8. The van der Waals surface area contributed by atoms with E-state index in [2.05, 4.69) is 4.98 Å². The Hall–Kier alpha value is -2.81. The Morgan fingerprint density at radius 2 is 1.84 bits per heavy atom. The van der Waals surface area contributed by atoms with Gasteiger partial charge < -0.3 is 19.1 Å². The van der Waals surface area contributed by atoms with Crippen LogP contribution >= 0.6 is 0 Å². The Morgan fingerprint density at radius 1 is 1.16 bits per heavy atom. The Kier molecular flexibility index (Phi) is 6.74. The molecule has 3 rings (SSSR count). The van der Waals surface area contributed by atoms with Crippen LogP contribution in [0, 0.1) is 0 Å². The molecule has 1 aromatic carbocycles. The highest BCUT2D eigenvalue weighted by Gasteiger charge is 2.42. The van der Waals surface area contributed by atoms with Gasteiger partial charge in [0.15, 0.2) is 11.5 Å². The summed E-state index contributed by atoms with van der Waals surface area (Å²) in [5, 5.41) is 0. The van der Waals surface area contributed by atoms with E-state index in [0.717, 1.165) is 5.56 Å². The van der Waals surface area contributed by atoms with Gasteiger partial charge in [-0.1, -0.05) is 6.07 Å². The topological polar surface area (TPSA) is 95.0 Å². The number of benzene rings is 1. The number of methoxy groups -OCH3 is 3. The first-order valence-corrected chi connectivity index (χ1v) is 12.0. The van der Waals surface area contributed by atoms with Crippen LogP contribution in [-0.4, -0.2) is 70.6 Å². The van der Waals surface area contributed by atoms with Crippen LogP contribution in [0.3, 0.4) is 0 Å². The van der Waals surface area contributed by atoms with Crippen molar-refractivity contribution in [3.05, 3.63) is 47.8 Å². The van der Waals surface area contributed by atoms with Crippen LogP contribution in [0.1, 0.15) is 28.8 Å². The molecule has 1 fully saturated rings. The first kappa shape index (κ1) is 22.9. The van der Waals surface area contributed by atoms with E-state index in [1.54, 1.807) is 29.4 Å². The lowest BCUT2D eigenvalue weighted by Crippen LogP contribution is -2.36. The van der Waals surface area contributed by atoms with Crippen molar-refractivity contribution in [3.8, 4) is 17.2 Å². The molecule has 1 aliphatic heterocycles. The minimum absolute atomic E-state index is 0.0497. The third kappa shape index (κ3) is 4.92. The highest BCUT2D eigenvalue weighted by atomic mass is 32.2. The van der Waals surface area contributed by atoms with E-state index in [9.17, 15) is 13.2 Å². The number of carbonyl (C=O) groups excluding carboxylic acids is 1. The van der Waals surface area contributed by atoms with Gasteiger partial charge in [-0.2, -0.15) is 0 Å². The normalized spacial score (nSPS) is 18.6. The lowest BCUT2D eigenvalue weighted by Gasteiger charge is -2.29. The van der Waals surface area contributed by atoms with Crippen molar-refractivity contribution in [2.75, 3.05) is 46.4 Å². The SMILES string of the molecule is COc1cc(C(=O)N2CCC(CCS(C)(=O)=O)(c3cccnc3)C2)cc(OC)c1OC. The summed E-state index contributed by atoms with van der Waals surface area (Å²) < 4.78 is 39.8. The number of aromatic nitrogens is 1. The molecule has 0 bridgehead atoms. The van der Waals surface area contributed by atoms with Crippen LogP contribution in [0.15, 0.2) is 36.7 Å². The fourth-order valence-electron chi connectivity index (χ4n) is 4.07. The Labute approximate surface area is 183 Å². The average molecular weight is 449 g/mol. The van der Waals surface area contributed by atoms with Crippen LogP contribution in [0.5, 0.6) is 17.2 Å². The van der Waals surface area contributed by atoms with Gasteiger partial charge in [-0.25, -0.2) is 8.42 Å². The third-order valence-electron chi connectivity index (χ3n) is 5.78. The maximum absolute atomic E-state index is 13.3. The summed E-state index contributed by atoms with van der Waals surface area (Å²) in [4.78, 5) is 19.3. The van der Waals surface area contributed by atoms with Gasteiger partial charge >= 0.3 is 0 Å². The summed E-state index contributed by atoms with van der Waals surface area (Å²) in [6.07, 6.45) is 5.76. The van der Waals surface area contributed by atoms with E-state index < -0.39 is 15.3 Å². The molecule has 168 valence electrons. The molecule has 2 heterocycles. The van der Waals surface area contributed by atoms with Crippen molar-refractivity contribution < 1.29 is 27.4 Å². The second-order valence-electron chi connectivity index (χ2n) is 7.79. The number of likely N-dealkylation sites (tertiary alicyclic amines) is 1. The zero-order valence-electron chi connectivity index (χ0n) is 18.3. The number of amides is 1. The van der Waals surface area contributed by atoms with E-state index in [1.807, 2.05) is 12.1 Å². The second kappa shape index (κ2) is 9.13. The Balaban J connectivity index is 1.92. The van der Waals surface area contributed by atoms with Gasteiger partial charge in [0.05, 0.1) is 27.1 Å². The zero-order chi connectivity index (χ0) is 22.6. The molecule has 0 saturated carbocycles. The van der Waals surface area contributed by atoms with Crippen molar-refractivity contribution in [1.82, 2.24) is 9.88 Å². The molecule has 0 N–H and O–H groups in total. The maximum atomic E-state index is 13.3. The van der Waals surface area contributed by atoms with Crippen LogP contribution in [0.4, 0.5) is 0 Å². The first-order valence-electron chi connectivity index (χ1n) is 9.90. The van der Waals surface area contributed by atoms with Crippen LogP contribution in [0.2, 0.25) is 0 Å². The largest absolute Gasteiger partial charge is 0.493 e. The molecule has 1 aliphatic rings. The lowest BCUT2D eigenvalue weighted by atomic mass is 9.78. The van der Waals surface area contributed by atoms with Crippen LogP contribution in [-0.2, 0) is 15.3 Å². The highest BCUT2D eigenvalue weighted by Crippen LogP contribution is 2.41. The molecule has 0 spiro atoms. The molecule has 1 aromatic heterocycles. The summed E-state index contributed by atoms with van der Waals surface area (Å²) in [7, 11) is 1.36. The van der Waals surface area contributed by atoms with E-state index in [-0.39, 0.29) is 11.7 Å². The monoisotopic (exact) mass is 448 g/mol. The van der Waals surface area contributed by atoms with E-state index in [1.165, 1.54) is 27.6 Å². The predicted octanol–water partition coefficient (Wildman–Crippen LogP) is 2.33. The number of sulfone groups is 1. The quantitative estimate of drug-likeness (QED) is 0.612. The Bertz CT molecular complexity index is 1020. The van der Waals surface area contributed by atoms with Crippen LogP contribution < -0.4 is 14.2 Å². The van der Waals surface area contributed by atoms with E-state index in [0.29, 0.717) is 48.7 Å². The molecule has 1 unspecified atom stereocenters. The molecular weight excluding hydrogens is 420 g/mol. The lowest BCUT2D eigenvalue weighted by molar-refractivity contribution is 0.0782. The van der Waals surface area contributed by atoms with Crippen LogP contribution in [0.25, 0.3) is 0 Å². The average Bonchev–Trinajstić information content (AvgIpc) is 3.22. The molecule has 31 heavy (non-hydrogen) atoms. The zero-order valence-corrected chi connectivity index (χ0v) is 19.1. The number of carbonyl (C=O) groups is 1. The number of hydrogen-bond acceptors (Lipinski definition) is 7. The number of nitrogens with zero attached hydrogens (tertiary/aromatic N) is 2. The predicted molar refractivity (Wildman–Crippen MR) is 117 cm³/mol. The van der Waals surface area contributed by atoms with Gasteiger partial charge in [-0.05, 0) is 36.6 Å². The van der Waals surface area contributed by atoms with Crippen molar-refractivity contribution >= 4 is 15.7 Å². The highest BCUT2D eigenvalue weighted by molar-refractivity contribution is 7.90. The summed E-state index contributed by atoms with van der Waals surface area (Å²) in [5.74, 6) is 1.10. The van der Waals surface area contributed by atoms with Gasteiger partial charge in [0.1, 0.15) is 9.84 Å². The second-order valence-corrected chi connectivity index (χ2v) is 10.1. The van der Waals surface area contributed by atoms with Crippen molar-refractivity contribution in [2.45, 2.75) is 18.3 Å². The molecule has 9 heteroatoms. The molecule has 0 aliphatic carbocycles. The van der Waals surface area contributed by atoms with Gasteiger partial charge in [0.25, 0.3) is 5.91 Å². The molecular formula is C22H28N2O6S. The van der Waals surface area contributed by atoms with E-state index in [4.69, 9.17) is 14.2 Å². The van der Waals surface area contributed by atoms with Gasteiger partial charge in [0, 0.05) is 42.7 Å². The van der Waals surface area contributed by atoms with Crippen molar-refractivity contribution in [1.29, 1.82) is 0 Å².